The second kappa shape index (κ2) is 5.61. The number of nitrogens with zero attached hydrogens (tertiary/aromatic N) is 1. The number of anilines is 1. The van der Waals surface area contributed by atoms with E-state index in [9.17, 15) is 9.18 Å². The molecular formula is C15H19FN2O3. The Balaban J connectivity index is 1.70. The molecule has 2 aliphatic rings. The zero-order valence-electron chi connectivity index (χ0n) is 11.8. The molecule has 1 saturated heterocycles. The third kappa shape index (κ3) is 3.16. The summed E-state index contributed by atoms with van der Waals surface area (Å²) in [6, 6.07) is 5.60. The predicted molar refractivity (Wildman–Crippen MR) is 76.0 cm³/mol. The molecule has 0 spiro atoms. The number of benzene rings is 1. The Kier molecular flexibility index (Phi) is 3.82. The second-order valence-electron chi connectivity index (χ2n) is 5.79. The third-order valence-corrected chi connectivity index (χ3v) is 3.97. The molecule has 1 atom stereocenters. The van der Waals surface area contributed by atoms with Crippen molar-refractivity contribution in [3.05, 3.63) is 23.8 Å². The van der Waals surface area contributed by atoms with Crippen LogP contribution in [0, 0.1) is 0 Å². The van der Waals surface area contributed by atoms with Crippen LogP contribution in [-0.4, -0.2) is 47.9 Å². The quantitative estimate of drug-likeness (QED) is 0.882. The Morgan fingerprint density at radius 3 is 3.14 bits per heavy atom. The highest BCUT2D eigenvalue weighted by atomic mass is 19.1. The largest absolute Gasteiger partial charge is 0.482 e. The monoisotopic (exact) mass is 294 g/mol. The van der Waals surface area contributed by atoms with Crippen molar-refractivity contribution in [3.8, 4) is 5.75 Å². The normalized spacial score (nSPS) is 25.9. The van der Waals surface area contributed by atoms with Crippen LogP contribution < -0.4 is 10.1 Å². The van der Waals surface area contributed by atoms with Crippen LogP contribution in [0.3, 0.4) is 0 Å². The Bertz CT molecular complexity index is 552. The van der Waals surface area contributed by atoms with Crippen molar-refractivity contribution in [1.82, 2.24) is 4.90 Å². The number of aliphatic hydroxyl groups is 1. The van der Waals surface area contributed by atoms with Gasteiger partial charge in [0.05, 0.1) is 12.3 Å². The number of alkyl halides is 1. The standard InChI is InChI=1S/C15H19FN2O3/c16-15(10-19)4-1-5-18(9-15)7-11-2-3-13-12(6-11)17-14(20)8-21-13/h2-3,6,19H,1,4-5,7-10H2,(H,17,20). The number of carbonyl (C=O) groups is 1. The van der Waals surface area contributed by atoms with E-state index in [1.165, 1.54) is 0 Å². The molecule has 0 saturated carbocycles. The van der Waals surface area contributed by atoms with Crippen LogP contribution in [-0.2, 0) is 11.3 Å². The molecule has 0 bridgehead atoms. The van der Waals surface area contributed by atoms with Crippen molar-refractivity contribution in [1.29, 1.82) is 0 Å². The highest BCUT2D eigenvalue weighted by Gasteiger charge is 2.34. The fraction of sp³-hybridized carbons (Fsp3) is 0.533. The van der Waals surface area contributed by atoms with Gasteiger partial charge in [-0.15, -0.1) is 0 Å². The highest BCUT2D eigenvalue weighted by molar-refractivity contribution is 5.95. The molecule has 1 aromatic rings. The zero-order chi connectivity index (χ0) is 14.9. The fourth-order valence-electron chi connectivity index (χ4n) is 2.93. The molecule has 3 rings (SSSR count). The number of amides is 1. The summed E-state index contributed by atoms with van der Waals surface area (Å²) in [5.74, 6) is 0.493. The Morgan fingerprint density at radius 1 is 1.48 bits per heavy atom. The minimum absolute atomic E-state index is 0.0410. The summed E-state index contributed by atoms with van der Waals surface area (Å²) in [4.78, 5) is 13.3. The number of hydrogen-bond acceptors (Lipinski definition) is 4. The van der Waals surface area contributed by atoms with Crippen LogP contribution in [0.2, 0.25) is 0 Å². The molecule has 2 N–H and O–H groups in total. The van der Waals surface area contributed by atoms with E-state index in [2.05, 4.69) is 5.32 Å². The molecule has 1 aromatic carbocycles. The molecule has 6 heteroatoms. The fourth-order valence-corrected chi connectivity index (χ4v) is 2.93. The van der Waals surface area contributed by atoms with Crippen LogP contribution in [0.25, 0.3) is 0 Å². The van der Waals surface area contributed by atoms with Gasteiger partial charge in [0, 0.05) is 13.1 Å². The van der Waals surface area contributed by atoms with Gasteiger partial charge in [-0.1, -0.05) is 6.07 Å². The smallest absolute Gasteiger partial charge is 0.262 e. The Labute approximate surface area is 122 Å². The number of rotatable bonds is 3. The SMILES string of the molecule is O=C1COc2ccc(CN3CCCC(F)(CO)C3)cc2N1. The van der Waals surface area contributed by atoms with E-state index in [0.29, 0.717) is 24.4 Å². The molecule has 1 amide bonds. The van der Waals surface area contributed by atoms with Gasteiger partial charge in [-0.3, -0.25) is 9.69 Å². The first-order valence-electron chi connectivity index (χ1n) is 7.16. The number of nitrogens with one attached hydrogen (secondary N) is 1. The van der Waals surface area contributed by atoms with E-state index in [1.807, 2.05) is 23.1 Å². The van der Waals surface area contributed by atoms with Gasteiger partial charge in [0.15, 0.2) is 6.61 Å². The van der Waals surface area contributed by atoms with Gasteiger partial charge in [0.1, 0.15) is 11.4 Å². The summed E-state index contributed by atoms with van der Waals surface area (Å²) in [5.41, 5.74) is 0.153. The average molecular weight is 294 g/mol. The summed E-state index contributed by atoms with van der Waals surface area (Å²) in [5, 5.41) is 11.9. The number of ether oxygens (including phenoxy) is 1. The maximum atomic E-state index is 14.2. The van der Waals surface area contributed by atoms with E-state index in [-0.39, 0.29) is 19.1 Å². The van der Waals surface area contributed by atoms with Gasteiger partial charge in [-0.2, -0.15) is 0 Å². The van der Waals surface area contributed by atoms with E-state index in [1.54, 1.807) is 0 Å². The lowest BCUT2D eigenvalue weighted by Crippen LogP contribution is -2.47. The van der Waals surface area contributed by atoms with Crippen molar-refractivity contribution < 1.29 is 19.0 Å². The molecule has 2 aliphatic heterocycles. The second-order valence-corrected chi connectivity index (χ2v) is 5.79. The lowest BCUT2D eigenvalue weighted by atomic mass is 9.95. The van der Waals surface area contributed by atoms with Gasteiger partial charge in [-0.25, -0.2) is 4.39 Å². The highest BCUT2D eigenvalue weighted by Crippen LogP contribution is 2.30. The van der Waals surface area contributed by atoms with Crippen LogP contribution in [0.4, 0.5) is 10.1 Å². The number of hydrogen-bond donors (Lipinski definition) is 2. The van der Waals surface area contributed by atoms with Crippen molar-refractivity contribution in [3.63, 3.8) is 0 Å². The van der Waals surface area contributed by atoms with Crippen molar-refractivity contribution in [2.75, 3.05) is 31.6 Å². The molecular weight excluding hydrogens is 275 g/mol. The van der Waals surface area contributed by atoms with Crippen molar-refractivity contribution >= 4 is 11.6 Å². The number of halogens is 1. The van der Waals surface area contributed by atoms with Gasteiger partial charge < -0.3 is 15.2 Å². The topological polar surface area (TPSA) is 61.8 Å². The van der Waals surface area contributed by atoms with Crippen molar-refractivity contribution in [2.45, 2.75) is 25.1 Å². The molecule has 2 heterocycles. The maximum absolute atomic E-state index is 14.2. The first-order chi connectivity index (χ1) is 10.1. The first-order valence-corrected chi connectivity index (χ1v) is 7.16. The third-order valence-electron chi connectivity index (χ3n) is 3.97. The number of carbonyl (C=O) groups excluding carboxylic acids is 1. The van der Waals surface area contributed by atoms with Crippen molar-refractivity contribution in [2.24, 2.45) is 0 Å². The molecule has 0 aliphatic carbocycles. The molecule has 0 radical (unpaired) electrons. The molecule has 1 fully saturated rings. The average Bonchev–Trinajstić information content (AvgIpc) is 2.47. The predicted octanol–water partition coefficient (Wildman–Crippen LogP) is 1.31. The molecule has 21 heavy (non-hydrogen) atoms. The molecule has 0 aromatic heterocycles. The summed E-state index contributed by atoms with van der Waals surface area (Å²) < 4.78 is 19.5. The van der Waals surface area contributed by atoms with Gasteiger partial charge in [-0.05, 0) is 37.1 Å². The van der Waals surface area contributed by atoms with Crippen LogP contribution >= 0.6 is 0 Å². The van der Waals surface area contributed by atoms with Gasteiger partial charge in [0.2, 0.25) is 0 Å². The summed E-state index contributed by atoms with van der Waals surface area (Å²) in [6.45, 7) is 1.25. The summed E-state index contributed by atoms with van der Waals surface area (Å²) >= 11 is 0. The minimum Gasteiger partial charge on any atom is -0.482 e. The molecule has 1 unspecified atom stereocenters. The van der Waals surface area contributed by atoms with Crippen LogP contribution in [0.15, 0.2) is 18.2 Å². The summed E-state index contributed by atoms with van der Waals surface area (Å²) in [6.07, 6.45) is 1.15. The molecule has 114 valence electrons. The first kappa shape index (κ1) is 14.3. The number of piperidine rings is 1. The minimum atomic E-state index is -1.50. The number of aliphatic hydroxyl groups excluding tert-OH is 1. The summed E-state index contributed by atoms with van der Waals surface area (Å²) in [7, 11) is 0. The van der Waals surface area contributed by atoms with E-state index < -0.39 is 12.3 Å². The Morgan fingerprint density at radius 2 is 2.33 bits per heavy atom. The Hall–Kier alpha value is -1.66. The van der Waals surface area contributed by atoms with E-state index in [0.717, 1.165) is 18.5 Å². The van der Waals surface area contributed by atoms with Gasteiger partial charge >= 0.3 is 0 Å². The zero-order valence-corrected chi connectivity index (χ0v) is 11.8. The number of likely N-dealkylation sites (tertiary alicyclic amines) is 1. The maximum Gasteiger partial charge on any atom is 0.262 e. The van der Waals surface area contributed by atoms with E-state index in [4.69, 9.17) is 9.84 Å². The lowest BCUT2D eigenvalue weighted by molar-refractivity contribution is -0.118. The van der Waals surface area contributed by atoms with Crippen LogP contribution in [0.5, 0.6) is 5.75 Å². The number of fused-ring (bicyclic) bond motifs is 1. The van der Waals surface area contributed by atoms with Crippen LogP contribution in [0.1, 0.15) is 18.4 Å². The lowest BCUT2D eigenvalue weighted by Gasteiger charge is -2.36. The van der Waals surface area contributed by atoms with E-state index >= 15 is 0 Å². The molecule has 5 nitrogen and oxygen atoms in total. The van der Waals surface area contributed by atoms with Gasteiger partial charge in [0.25, 0.3) is 5.91 Å².